The number of halogens is 1. The fourth-order valence-electron chi connectivity index (χ4n) is 4.36. The Morgan fingerprint density at radius 1 is 1.08 bits per heavy atom. The molecule has 0 N–H and O–H groups in total. The number of rotatable bonds is 7. The number of nitrogens with zero attached hydrogens (tertiary/aromatic N) is 4. The van der Waals surface area contributed by atoms with E-state index in [1.165, 1.54) is 24.3 Å². The van der Waals surface area contributed by atoms with Gasteiger partial charge in [-0.1, -0.05) is 32.9 Å². The van der Waals surface area contributed by atoms with Crippen LogP contribution in [0.25, 0.3) is 0 Å². The predicted molar refractivity (Wildman–Crippen MR) is 131 cm³/mol. The lowest BCUT2D eigenvalue weighted by molar-refractivity contribution is -0.396. The van der Waals surface area contributed by atoms with E-state index in [0.717, 1.165) is 5.56 Å². The van der Waals surface area contributed by atoms with Crippen molar-refractivity contribution in [3.05, 3.63) is 79.3 Å². The van der Waals surface area contributed by atoms with Crippen molar-refractivity contribution in [1.82, 2.24) is 9.80 Å². The number of ether oxygens (including phenoxy) is 1. The summed E-state index contributed by atoms with van der Waals surface area (Å²) in [6.07, 6.45) is 0. The monoisotopic (exact) mass is 500 g/mol. The molecule has 2 aromatic rings. The Hall–Kier alpha value is -3.82. The van der Waals surface area contributed by atoms with Crippen molar-refractivity contribution < 1.29 is 23.8 Å². The van der Waals surface area contributed by atoms with Gasteiger partial charge in [0.1, 0.15) is 24.2 Å². The van der Waals surface area contributed by atoms with E-state index in [2.05, 4.69) is 0 Å². The fourth-order valence-corrected chi connectivity index (χ4v) is 4.36. The Morgan fingerprint density at radius 3 is 2.25 bits per heavy atom. The maximum Gasteiger partial charge on any atom is 0.322 e. The van der Waals surface area contributed by atoms with Crippen molar-refractivity contribution in [2.24, 2.45) is 0 Å². The molecule has 0 radical (unpaired) electrons. The van der Waals surface area contributed by atoms with Crippen LogP contribution in [0.2, 0.25) is 0 Å². The normalized spacial score (nSPS) is 18.6. The van der Waals surface area contributed by atoms with Crippen molar-refractivity contribution in [1.29, 1.82) is 0 Å². The van der Waals surface area contributed by atoms with Gasteiger partial charge in [0.05, 0.1) is 15.9 Å². The first-order valence-electron chi connectivity index (χ1n) is 11.4. The minimum Gasteiger partial charge on any atom is -0.466 e. The highest BCUT2D eigenvalue weighted by Gasteiger charge is 2.38. The summed E-state index contributed by atoms with van der Waals surface area (Å²) < 4.78 is 19.1. The minimum absolute atomic E-state index is 0.183. The molecular formula is C25H29FN4O6. The lowest BCUT2D eigenvalue weighted by atomic mass is 9.85. The highest BCUT2D eigenvalue weighted by molar-refractivity contribution is 5.65. The van der Waals surface area contributed by atoms with Crippen molar-refractivity contribution in [2.45, 2.75) is 58.7 Å². The third kappa shape index (κ3) is 5.53. The SMILES string of the molecule is C[C@@H]1C(=C=O)N(Cc2ccc(F)cc2)[C@@H](C)CN1COc1c([N+](=O)[O-])ccc(C(C)(C)C)c1[N+](=O)[O-]. The van der Waals surface area contributed by atoms with Crippen molar-refractivity contribution in [2.75, 3.05) is 13.3 Å². The maximum atomic E-state index is 13.3. The summed E-state index contributed by atoms with van der Waals surface area (Å²) in [4.78, 5) is 37.8. The standard InChI is InChI=1S/C25H29FN4O6/c1-16-12-27(17(2)22(14-31)28(16)13-18-6-8-19(26)9-7-18)15-36-24-21(29(32)33)11-10-20(25(3,4)5)23(24)30(34)35/h6-11,16-17H,12-13,15H2,1-5H3/t16-,17+/m0/s1. The number of hydrogen-bond donors (Lipinski definition) is 0. The first-order chi connectivity index (χ1) is 16.8. The number of nitro benzene ring substituents is 2. The molecule has 192 valence electrons. The van der Waals surface area contributed by atoms with Crippen LogP contribution >= 0.6 is 0 Å². The third-order valence-corrected chi connectivity index (χ3v) is 6.33. The second kappa shape index (κ2) is 10.4. The zero-order valence-electron chi connectivity index (χ0n) is 20.9. The molecule has 36 heavy (non-hydrogen) atoms. The van der Waals surface area contributed by atoms with Crippen LogP contribution in [0.3, 0.4) is 0 Å². The number of hydrogen-bond acceptors (Lipinski definition) is 8. The Balaban J connectivity index is 1.89. The second-order valence-electron chi connectivity index (χ2n) is 9.89. The predicted octanol–water partition coefficient (Wildman–Crippen LogP) is 4.59. The van der Waals surface area contributed by atoms with Crippen LogP contribution < -0.4 is 4.74 Å². The van der Waals surface area contributed by atoms with Gasteiger partial charge in [-0.3, -0.25) is 25.1 Å². The topological polar surface area (TPSA) is 119 Å². The van der Waals surface area contributed by atoms with Gasteiger partial charge in [0.25, 0.3) is 5.75 Å². The fraction of sp³-hybridized carbons (Fsp3) is 0.440. The molecule has 10 nitrogen and oxygen atoms in total. The van der Waals surface area contributed by atoms with Gasteiger partial charge in [0, 0.05) is 30.8 Å². The summed E-state index contributed by atoms with van der Waals surface area (Å²) in [5.74, 6) is 1.22. The second-order valence-corrected chi connectivity index (χ2v) is 9.89. The van der Waals surface area contributed by atoms with Crippen LogP contribution in [0.4, 0.5) is 15.8 Å². The van der Waals surface area contributed by atoms with Crippen LogP contribution in [0.15, 0.2) is 42.1 Å². The van der Waals surface area contributed by atoms with Crippen LogP contribution in [0.5, 0.6) is 5.75 Å². The summed E-state index contributed by atoms with van der Waals surface area (Å²) in [5.41, 5.74) is -0.133. The molecule has 1 heterocycles. The molecule has 1 aliphatic heterocycles. The van der Waals surface area contributed by atoms with Crippen molar-refractivity contribution in [3.8, 4) is 5.75 Å². The smallest absolute Gasteiger partial charge is 0.322 e. The Labute approximate surface area is 208 Å². The zero-order valence-corrected chi connectivity index (χ0v) is 20.9. The third-order valence-electron chi connectivity index (χ3n) is 6.33. The van der Waals surface area contributed by atoms with Gasteiger partial charge in [-0.2, -0.15) is 0 Å². The van der Waals surface area contributed by atoms with E-state index >= 15 is 0 Å². The molecule has 0 saturated carbocycles. The van der Waals surface area contributed by atoms with Crippen molar-refractivity contribution in [3.63, 3.8) is 0 Å². The quantitative estimate of drug-likeness (QED) is 0.308. The number of nitro groups is 2. The summed E-state index contributed by atoms with van der Waals surface area (Å²) in [6, 6.07) is 7.92. The van der Waals surface area contributed by atoms with E-state index in [1.54, 1.807) is 44.7 Å². The highest BCUT2D eigenvalue weighted by atomic mass is 19.1. The molecule has 0 bridgehead atoms. The van der Waals surface area contributed by atoms with Crippen molar-refractivity contribution >= 4 is 17.3 Å². The lowest BCUT2D eigenvalue weighted by Crippen LogP contribution is -2.55. The Kier molecular flexibility index (Phi) is 7.76. The molecule has 2 aromatic carbocycles. The molecule has 1 saturated heterocycles. The first-order valence-corrected chi connectivity index (χ1v) is 11.4. The molecule has 3 rings (SSSR count). The average molecular weight is 501 g/mol. The van der Waals surface area contributed by atoms with Gasteiger partial charge < -0.3 is 9.64 Å². The summed E-state index contributed by atoms with van der Waals surface area (Å²) in [7, 11) is 0. The molecule has 0 spiro atoms. The van der Waals surface area contributed by atoms with E-state index in [4.69, 9.17) is 4.74 Å². The van der Waals surface area contributed by atoms with Gasteiger partial charge in [0.15, 0.2) is 0 Å². The van der Waals surface area contributed by atoms with Crippen LogP contribution in [-0.2, 0) is 16.8 Å². The van der Waals surface area contributed by atoms with E-state index < -0.39 is 38.4 Å². The maximum absolute atomic E-state index is 13.3. The molecule has 2 atom stereocenters. The summed E-state index contributed by atoms with van der Waals surface area (Å²) >= 11 is 0. The van der Waals surface area contributed by atoms with Crippen LogP contribution in [0, 0.1) is 26.0 Å². The van der Waals surface area contributed by atoms with Gasteiger partial charge >= 0.3 is 11.4 Å². The van der Waals surface area contributed by atoms with E-state index in [1.807, 2.05) is 17.8 Å². The van der Waals surface area contributed by atoms with Crippen LogP contribution in [0.1, 0.15) is 45.7 Å². The zero-order chi connectivity index (χ0) is 26.8. The Bertz CT molecular complexity index is 1200. The van der Waals surface area contributed by atoms with E-state index in [9.17, 15) is 29.4 Å². The molecule has 0 aliphatic carbocycles. The molecule has 1 aliphatic rings. The minimum atomic E-state index is -0.710. The molecule has 1 fully saturated rings. The number of carbonyl (C=O) groups excluding carboxylic acids is 1. The lowest BCUT2D eigenvalue weighted by Gasteiger charge is -2.45. The summed E-state index contributed by atoms with van der Waals surface area (Å²) in [5, 5.41) is 23.6. The van der Waals surface area contributed by atoms with Gasteiger partial charge in [0.2, 0.25) is 0 Å². The highest BCUT2D eigenvalue weighted by Crippen LogP contribution is 2.44. The Morgan fingerprint density at radius 2 is 1.72 bits per heavy atom. The van der Waals surface area contributed by atoms with Gasteiger partial charge in [-0.05, 0) is 43.0 Å². The molecule has 0 unspecified atom stereocenters. The average Bonchev–Trinajstić information content (AvgIpc) is 2.80. The molecule has 0 amide bonds. The summed E-state index contributed by atoms with van der Waals surface area (Å²) in [6.45, 7) is 9.55. The van der Waals surface area contributed by atoms with E-state index in [-0.39, 0.29) is 18.6 Å². The van der Waals surface area contributed by atoms with Crippen LogP contribution in [-0.4, -0.2) is 50.9 Å². The first kappa shape index (κ1) is 26.8. The van der Waals surface area contributed by atoms with Gasteiger partial charge in [-0.25, -0.2) is 9.18 Å². The number of piperazine rings is 1. The van der Waals surface area contributed by atoms with Gasteiger partial charge in [-0.15, -0.1) is 0 Å². The number of benzene rings is 2. The van der Waals surface area contributed by atoms with E-state index in [0.29, 0.717) is 24.4 Å². The largest absolute Gasteiger partial charge is 0.466 e. The molecule has 0 aromatic heterocycles. The molecule has 11 heteroatoms. The molecular weight excluding hydrogens is 471 g/mol.